The molecule has 0 saturated heterocycles. The molecule has 0 bridgehead atoms. The molecule has 1 atom stereocenters. The molecule has 0 spiro atoms. The van der Waals surface area contributed by atoms with Crippen molar-refractivity contribution in [2.75, 3.05) is 0 Å². The van der Waals surface area contributed by atoms with E-state index in [-0.39, 0.29) is 5.91 Å². The number of hydrogen-bond acceptors (Lipinski definition) is 3. The monoisotopic (exact) mass is 254 g/mol. The average Bonchev–Trinajstić information content (AvgIpc) is 2.95. The van der Waals surface area contributed by atoms with Crippen LogP contribution in [-0.4, -0.2) is 21.7 Å². The second-order valence-corrected chi connectivity index (χ2v) is 4.04. The smallest absolute Gasteiger partial charge is 0.272 e. The largest absolute Gasteiger partial charge is 0.335 e. The van der Waals surface area contributed by atoms with E-state index in [0.717, 1.165) is 5.69 Å². The molecule has 5 nitrogen and oxygen atoms in total. The fraction of sp³-hybridized carbons (Fsp3) is 0.214. The Bertz CT molecular complexity index is 597. The Kier molecular flexibility index (Phi) is 3.94. The third kappa shape index (κ3) is 2.99. The number of para-hydroxylation sites is 1. The van der Waals surface area contributed by atoms with Gasteiger partial charge >= 0.3 is 0 Å². The summed E-state index contributed by atoms with van der Waals surface area (Å²) < 4.78 is 1.63. The third-order valence-corrected chi connectivity index (χ3v) is 2.71. The Balaban J connectivity index is 2.14. The van der Waals surface area contributed by atoms with E-state index in [4.69, 9.17) is 5.26 Å². The Morgan fingerprint density at radius 3 is 2.79 bits per heavy atom. The maximum atomic E-state index is 11.9. The van der Waals surface area contributed by atoms with Crippen LogP contribution in [0.25, 0.3) is 5.69 Å². The van der Waals surface area contributed by atoms with Gasteiger partial charge in [0, 0.05) is 6.20 Å². The van der Waals surface area contributed by atoms with Crippen LogP contribution in [0, 0.1) is 11.3 Å². The van der Waals surface area contributed by atoms with E-state index in [1.807, 2.05) is 43.3 Å². The van der Waals surface area contributed by atoms with E-state index in [0.29, 0.717) is 12.1 Å². The van der Waals surface area contributed by atoms with Crippen molar-refractivity contribution in [1.82, 2.24) is 15.1 Å². The van der Waals surface area contributed by atoms with Crippen LogP contribution in [0.4, 0.5) is 0 Å². The molecule has 1 heterocycles. The number of carbonyl (C=O) groups excluding carboxylic acids is 1. The lowest BCUT2D eigenvalue weighted by atomic mass is 10.2. The molecule has 0 aliphatic rings. The lowest BCUT2D eigenvalue weighted by molar-refractivity contribution is 0.0939. The van der Waals surface area contributed by atoms with E-state index in [1.165, 1.54) is 0 Å². The molecule has 1 amide bonds. The summed E-state index contributed by atoms with van der Waals surface area (Å²) in [6, 6.07) is 12.7. The molecular weight excluding hydrogens is 240 g/mol. The molecule has 2 rings (SSSR count). The van der Waals surface area contributed by atoms with Gasteiger partial charge in [0.1, 0.15) is 6.04 Å². The highest BCUT2D eigenvalue weighted by Crippen LogP contribution is 2.07. The van der Waals surface area contributed by atoms with Crippen molar-refractivity contribution >= 4 is 5.91 Å². The summed E-state index contributed by atoms with van der Waals surface area (Å²) in [5, 5.41) is 15.6. The highest BCUT2D eigenvalue weighted by atomic mass is 16.2. The number of benzene rings is 1. The van der Waals surface area contributed by atoms with Gasteiger partial charge in [0.2, 0.25) is 0 Å². The number of carbonyl (C=O) groups is 1. The second kappa shape index (κ2) is 5.83. The standard InChI is InChI=1S/C14H14N4O/c1-2-11(10-15)16-14(19)13-8-9-18(17-13)12-6-4-3-5-7-12/h3-9,11H,2H2,1H3,(H,16,19)/t11-/m0/s1. The van der Waals surface area contributed by atoms with Gasteiger partial charge in [0.05, 0.1) is 11.8 Å². The normalized spacial score (nSPS) is 11.6. The SMILES string of the molecule is CC[C@@H](C#N)NC(=O)c1ccn(-c2ccccc2)n1. The van der Waals surface area contributed by atoms with E-state index in [2.05, 4.69) is 10.4 Å². The van der Waals surface area contributed by atoms with Crippen LogP contribution >= 0.6 is 0 Å². The number of nitrogens with zero attached hydrogens (tertiary/aromatic N) is 3. The van der Waals surface area contributed by atoms with Gasteiger partial charge in [0.25, 0.3) is 5.91 Å². The molecule has 96 valence electrons. The summed E-state index contributed by atoms with van der Waals surface area (Å²) in [7, 11) is 0. The van der Waals surface area contributed by atoms with Gasteiger partial charge in [0.15, 0.2) is 5.69 Å². The van der Waals surface area contributed by atoms with Crippen molar-refractivity contribution < 1.29 is 4.79 Å². The zero-order chi connectivity index (χ0) is 13.7. The number of nitrogens with one attached hydrogen (secondary N) is 1. The van der Waals surface area contributed by atoms with Gasteiger partial charge < -0.3 is 5.32 Å². The highest BCUT2D eigenvalue weighted by molar-refractivity contribution is 5.92. The first-order valence-electron chi connectivity index (χ1n) is 6.06. The third-order valence-electron chi connectivity index (χ3n) is 2.71. The van der Waals surface area contributed by atoms with Gasteiger partial charge in [-0.1, -0.05) is 25.1 Å². The molecule has 2 aromatic rings. The summed E-state index contributed by atoms with van der Waals surface area (Å²) in [6.45, 7) is 1.84. The van der Waals surface area contributed by atoms with Gasteiger partial charge in [-0.15, -0.1) is 0 Å². The Labute approximate surface area is 111 Å². The van der Waals surface area contributed by atoms with Gasteiger partial charge in [-0.3, -0.25) is 4.79 Å². The molecule has 1 aromatic heterocycles. The number of rotatable bonds is 4. The Hall–Kier alpha value is -2.61. The number of hydrogen-bond donors (Lipinski definition) is 1. The lowest BCUT2D eigenvalue weighted by Crippen LogP contribution is -2.33. The Morgan fingerprint density at radius 1 is 1.42 bits per heavy atom. The summed E-state index contributed by atoms with van der Waals surface area (Å²) in [6.07, 6.45) is 2.29. The molecule has 5 heteroatoms. The van der Waals surface area contributed by atoms with Crippen molar-refractivity contribution in [2.24, 2.45) is 0 Å². The molecule has 0 aliphatic heterocycles. The number of amides is 1. The predicted octanol–water partition coefficient (Wildman–Crippen LogP) is 1.90. The van der Waals surface area contributed by atoms with Crippen molar-refractivity contribution in [3.63, 3.8) is 0 Å². The Morgan fingerprint density at radius 2 is 2.16 bits per heavy atom. The minimum atomic E-state index is -0.477. The molecule has 1 N–H and O–H groups in total. The van der Waals surface area contributed by atoms with Crippen LogP contribution in [0.1, 0.15) is 23.8 Å². The first-order valence-corrected chi connectivity index (χ1v) is 6.06. The van der Waals surface area contributed by atoms with Crippen LogP contribution in [-0.2, 0) is 0 Å². The maximum Gasteiger partial charge on any atom is 0.272 e. The zero-order valence-electron chi connectivity index (χ0n) is 10.6. The van der Waals surface area contributed by atoms with Crippen LogP contribution < -0.4 is 5.32 Å². The van der Waals surface area contributed by atoms with Crippen LogP contribution in [0.15, 0.2) is 42.6 Å². The van der Waals surface area contributed by atoms with E-state index in [9.17, 15) is 4.79 Å². The summed E-state index contributed by atoms with van der Waals surface area (Å²) >= 11 is 0. The quantitative estimate of drug-likeness (QED) is 0.905. The molecule has 0 fully saturated rings. The summed E-state index contributed by atoms with van der Waals surface area (Å²) in [5.41, 5.74) is 1.19. The van der Waals surface area contributed by atoms with E-state index in [1.54, 1.807) is 16.9 Å². The van der Waals surface area contributed by atoms with Crippen molar-refractivity contribution in [1.29, 1.82) is 5.26 Å². The van der Waals surface area contributed by atoms with E-state index >= 15 is 0 Å². The van der Waals surface area contributed by atoms with Crippen LogP contribution in [0.3, 0.4) is 0 Å². The number of aromatic nitrogens is 2. The van der Waals surface area contributed by atoms with Crippen LogP contribution in [0.5, 0.6) is 0 Å². The van der Waals surface area contributed by atoms with Crippen molar-refractivity contribution in [3.8, 4) is 11.8 Å². The van der Waals surface area contributed by atoms with Gasteiger partial charge in [-0.2, -0.15) is 10.4 Å². The topological polar surface area (TPSA) is 70.7 Å². The minimum Gasteiger partial charge on any atom is -0.335 e. The average molecular weight is 254 g/mol. The maximum absolute atomic E-state index is 11.9. The predicted molar refractivity (Wildman–Crippen MR) is 70.7 cm³/mol. The summed E-state index contributed by atoms with van der Waals surface area (Å²) in [4.78, 5) is 11.9. The second-order valence-electron chi connectivity index (χ2n) is 4.04. The van der Waals surface area contributed by atoms with Crippen molar-refractivity contribution in [2.45, 2.75) is 19.4 Å². The van der Waals surface area contributed by atoms with Gasteiger partial charge in [-0.25, -0.2) is 4.68 Å². The fourth-order valence-corrected chi connectivity index (χ4v) is 1.63. The van der Waals surface area contributed by atoms with Crippen LogP contribution in [0.2, 0.25) is 0 Å². The first kappa shape index (κ1) is 12.8. The molecule has 19 heavy (non-hydrogen) atoms. The lowest BCUT2D eigenvalue weighted by Gasteiger charge is -2.06. The van der Waals surface area contributed by atoms with Gasteiger partial charge in [-0.05, 0) is 24.6 Å². The molecule has 0 aliphatic carbocycles. The molecule has 1 aromatic carbocycles. The summed E-state index contributed by atoms with van der Waals surface area (Å²) in [5.74, 6) is -0.330. The highest BCUT2D eigenvalue weighted by Gasteiger charge is 2.14. The van der Waals surface area contributed by atoms with E-state index < -0.39 is 6.04 Å². The minimum absolute atomic E-state index is 0.303. The first-order chi connectivity index (χ1) is 9.24. The molecule has 0 saturated carbocycles. The molecular formula is C14H14N4O. The molecule has 0 unspecified atom stereocenters. The number of nitriles is 1. The molecule has 0 radical (unpaired) electrons. The fourth-order valence-electron chi connectivity index (χ4n) is 1.63. The van der Waals surface area contributed by atoms with Crippen molar-refractivity contribution in [3.05, 3.63) is 48.3 Å². The zero-order valence-corrected chi connectivity index (χ0v) is 10.6.